The number of piperazine rings is 1. The molecule has 2 aliphatic rings. The normalized spacial score (nSPS) is 23.3. The van der Waals surface area contributed by atoms with E-state index >= 15 is 0 Å². The fourth-order valence-electron chi connectivity index (χ4n) is 3.15. The maximum Gasteiger partial charge on any atom is 0.252 e. The van der Waals surface area contributed by atoms with Crippen LogP contribution in [0.15, 0.2) is 36.4 Å². The highest BCUT2D eigenvalue weighted by Crippen LogP contribution is 2.14. The summed E-state index contributed by atoms with van der Waals surface area (Å²) < 4.78 is 5.50. The molecule has 1 aromatic rings. The molecule has 0 radical (unpaired) electrons. The van der Waals surface area contributed by atoms with E-state index in [1.54, 1.807) is 4.90 Å². The van der Waals surface area contributed by atoms with Crippen LogP contribution in [-0.4, -0.2) is 56.2 Å². The molecule has 1 atom stereocenters. The Bertz CT molecular complexity index is 501. The summed E-state index contributed by atoms with van der Waals surface area (Å²) in [6, 6.07) is 10.4. The van der Waals surface area contributed by atoms with Gasteiger partial charge in [0.1, 0.15) is 6.10 Å². The van der Waals surface area contributed by atoms with Crippen LogP contribution in [0.5, 0.6) is 0 Å². The fourth-order valence-corrected chi connectivity index (χ4v) is 3.15. The summed E-state index contributed by atoms with van der Waals surface area (Å²) in [7, 11) is 0. The quantitative estimate of drug-likeness (QED) is 0.884. The first-order valence-corrected chi connectivity index (χ1v) is 8.28. The van der Waals surface area contributed by atoms with Crippen molar-refractivity contribution in [3.8, 4) is 0 Å². The van der Waals surface area contributed by atoms with E-state index in [1.807, 2.05) is 11.0 Å². The minimum absolute atomic E-state index is 0.167. The molecule has 22 heavy (non-hydrogen) atoms. The number of rotatable bonds is 4. The summed E-state index contributed by atoms with van der Waals surface area (Å²) in [5, 5.41) is 0. The Morgan fingerprint density at radius 2 is 2.05 bits per heavy atom. The molecule has 1 amide bonds. The van der Waals surface area contributed by atoms with Gasteiger partial charge in [0, 0.05) is 6.61 Å². The van der Waals surface area contributed by atoms with Gasteiger partial charge in [0.15, 0.2) is 0 Å². The Kier molecular flexibility index (Phi) is 5.24. The lowest BCUT2D eigenvalue weighted by atomic mass is 10.2. The van der Waals surface area contributed by atoms with E-state index in [9.17, 15) is 4.79 Å². The van der Waals surface area contributed by atoms with Gasteiger partial charge in [-0.2, -0.15) is 0 Å². The minimum Gasteiger partial charge on any atom is -0.368 e. The van der Waals surface area contributed by atoms with E-state index in [-0.39, 0.29) is 12.0 Å². The molecule has 0 spiro atoms. The van der Waals surface area contributed by atoms with Gasteiger partial charge in [-0.25, -0.2) is 0 Å². The number of hydrogen-bond acceptors (Lipinski definition) is 2. The van der Waals surface area contributed by atoms with Crippen LogP contribution in [-0.2, 0) is 9.53 Å². The lowest BCUT2D eigenvalue weighted by molar-refractivity contribution is -0.898. The molecule has 1 N–H and O–H groups in total. The lowest BCUT2D eigenvalue weighted by Crippen LogP contribution is -3.14. The van der Waals surface area contributed by atoms with Crippen LogP contribution in [0.3, 0.4) is 0 Å². The van der Waals surface area contributed by atoms with Crippen LogP contribution in [0.4, 0.5) is 0 Å². The van der Waals surface area contributed by atoms with Crippen LogP contribution in [0.2, 0.25) is 0 Å². The molecule has 118 valence electrons. The van der Waals surface area contributed by atoms with Crippen molar-refractivity contribution < 1.29 is 14.4 Å². The van der Waals surface area contributed by atoms with Gasteiger partial charge in [0.25, 0.3) is 5.91 Å². The highest BCUT2D eigenvalue weighted by molar-refractivity contribution is 5.81. The van der Waals surface area contributed by atoms with Crippen molar-refractivity contribution >= 4 is 12.0 Å². The summed E-state index contributed by atoms with van der Waals surface area (Å²) in [5.74, 6) is 0.205. The maximum absolute atomic E-state index is 12.3. The second kappa shape index (κ2) is 7.56. The van der Waals surface area contributed by atoms with E-state index < -0.39 is 0 Å². The van der Waals surface area contributed by atoms with Crippen molar-refractivity contribution in [2.24, 2.45) is 0 Å². The van der Waals surface area contributed by atoms with Gasteiger partial charge < -0.3 is 14.5 Å². The number of quaternary nitrogens is 1. The Morgan fingerprint density at radius 1 is 1.27 bits per heavy atom. The van der Waals surface area contributed by atoms with E-state index in [0.29, 0.717) is 0 Å². The molecule has 3 rings (SSSR count). The zero-order valence-electron chi connectivity index (χ0n) is 13.0. The van der Waals surface area contributed by atoms with Crippen LogP contribution < -0.4 is 4.90 Å². The van der Waals surface area contributed by atoms with Gasteiger partial charge in [0.2, 0.25) is 0 Å². The van der Waals surface area contributed by atoms with E-state index in [0.717, 1.165) is 52.2 Å². The molecule has 4 nitrogen and oxygen atoms in total. The standard InChI is InChI=1S/C18H24N2O2/c21-18(17-9-5-15-22-17)20-13-11-19(12-14-20)10-4-8-16-6-2-1-3-7-16/h1-4,6-8,17H,5,9-15H2/p+1/b8-4+/t17-/m0/s1. The molecular formula is C18H25N2O2+. The van der Waals surface area contributed by atoms with Gasteiger partial charge in [-0.15, -0.1) is 0 Å². The molecule has 2 saturated heterocycles. The van der Waals surface area contributed by atoms with Crippen molar-refractivity contribution in [3.05, 3.63) is 42.0 Å². The number of nitrogens with one attached hydrogen (secondary N) is 1. The third kappa shape index (κ3) is 3.96. The van der Waals surface area contributed by atoms with Crippen molar-refractivity contribution in [1.82, 2.24) is 4.90 Å². The smallest absolute Gasteiger partial charge is 0.252 e. The van der Waals surface area contributed by atoms with Crippen molar-refractivity contribution in [2.75, 3.05) is 39.3 Å². The van der Waals surface area contributed by atoms with Gasteiger partial charge in [0.05, 0.1) is 32.7 Å². The molecule has 0 bridgehead atoms. The highest BCUT2D eigenvalue weighted by Gasteiger charge is 2.31. The number of benzene rings is 1. The third-order valence-corrected chi connectivity index (χ3v) is 4.50. The molecule has 2 heterocycles. The first kappa shape index (κ1) is 15.3. The van der Waals surface area contributed by atoms with Crippen LogP contribution in [0.1, 0.15) is 18.4 Å². The number of ether oxygens (including phenoxy) is 1. The molecule has 0 aliphatic carbocycles. The van der Waals surface area contributed by atoms with E-state index in [1.165, 1.54) is 5.56 Å². The van der Waals surface area contributed by atoms with Gasteiger partial charge in [-0.3, -0.25) is 4.79 Å². The molecule has 0 unspecified atom stereocenters. The second-order valence-electron chi connectivity index (χ2n) is 6.09. The molecule has 2 aliphatic heterocycles. The number of carbonyl (C=O) groups is 1. The summed E-state index contributed by atoms with van der Waals surface area (Å²) in [6.45, 7) is 5.53. The zero-order valence-corrected chi connectivity index (χ0v) is 13.0. The Balaban J connectivity index is 1.42. The van der Waals surface area contributed by atoms with Crippen LogP contribution in [0.25, 0.3) is 6.08 Å². The first-order chi connectivity index (χ1) is 10.8. The summed E-state index contributed by atoms with van der Waals surface area (Å²) in [5.41, 5.74) is 1.24. The predicted molar refractivity (Wildman–Crippen MR) is 86.6 cm³/mol. The summed E-state index contributed by atoms with van der Waals surface area (Å²) >= 11 is 0. The average molecular weight is 301 g/mol. The highest BCUT2D eigenvalue weighted by atomic mass is 16.5. The van der Waals surface area contributed by atoms with Gasteiger partial charge >= 0.3 is 0 Å². The van der Waals surface area contributed by atoms with Crippen molar-refractivity contribution in [2.45, 2.75) is 18.9 Å². The Labute approximate surface area is 132 Å². The van der Waals surface area contributed by atoms with Crippen molar-refractivity contribution in [3.63, 3.8) is 0 Å². The Morgan fingerprint density at radius 3 is 2.73 bits per heavy atom. The SMILES string of the molecule is O=C([C@@H]1CCCO1)N1CC[NH+](C/C=C/c2ccccc2)CC1. The molecule has 0 saturated carbocycles. The lowest BCUT2D eigenvalue weighted by Gasteiger charge is -2.32. The first-order valence-electron chi connectivity index (χ1n) is 8.28. The monoisotopic (exact) mass is 301 g/mol. The zero-order chi connectivity index (χ0) is 15.2. The number of carbonyl (C=O) groups excluding carboxylic acids is 1. The molecular weight excluding hydrogens is 276 g/mol. The Hall–Kier alpha value is -1.65. The predicted octanol–water partition coefficient (Wildman–Crippen LogP) is 0.606. The number of amides is 1. The van der Waals surface area contributed by atoms with Gasteiger partial charge in [-0.05, 0) is 24.5 Å². The second-order valence-corrected chi connectivity index (χ2v) is 6.09. The molecule has 1 aromatic carbocycles. The average Bonchev–Trinajstić information content (AvgIpc) is 3.10. The van der Waals surface area contributed by atoms with Crippen LogP contribution in [0, 0.1) is 0 Å². The van der Waals surface area contributed by atoms with Gasteiger partial charge in [-0.1, -0.05) is 36.4 Å². The molecule has 0 aromatic heterocycles. The maximum atomic E-state index is 12.3. The third-order valence-electron chi connectivity index (χ3n) is 4.50. The minimum atomic E-state index is -0.167. The van der Waals surface area contributed by atoms with E-state index in [4.69, 9.17) is 4.74 Å². The number of nitrogens with zero attached hydrogens (tertiary/aromatic N) is 1. The van der Waals surface area contributed by atoms with E-state index in [2.05, 4.69) is 36.4 Å². The summed E-state index contributed by atoms with van der Waals surface area (Å²) in [4.78, 5) is 15.8. The number of hydrogen-bond donors (Lipinski definition) is 1. The van der Waals surface area contributed by atoms with Crippen LogP contribution >= 0.6 is 0 Å². The van der Waals surface area contributed by atoms with Crippen molar-refractivity contribution in [1.29, 1.82) is 0 Å². The topological polar surface area (TPSA) is 34.0 Å². The largest absolute Gasteiger partial charge is 0.368 e. The molecule has 2 fully saturated rings. The molecule has 4 heteroatoms. The fraction of sp³-hybridized carbons (Fsp3) is 0.500. The summed E-state index contributed by atoms with van der Waals surface area (Å²) in [6.07, 6.45) is 6.16.